The van der Waals surface area contributed by atoms with E-state index < -0.39 is 0 Å². The molecule has 0 amide bonds. The second-order valence-corrected chi connectivity index (χ2v) is 14.2. The van der Waals surface area contributed by atoms with Crippen LogP contribution in [0.3, 0.4) is 0 Å². The lowest BCUT2D eigenvalue weighted by Crippen LogP contribution is -2.37. The van der Waals surface area contributed by atoms with Gasteiger partial charge < -0.3 is 9.80 Å². The summed E-state index contributed by atoms with van der Waals surface area (Å²) in [6.45, 7) is 0. The van der Waals surface area contributed by atoms with Gasteiger partial charge in [0, 0.05) is 44.8 Å². The molecule has 0 spiro atoms. The van der Waals surface area contributed by atoms with Gasteiger partial charge in [0.25, 0.3) is 0 Å². The van der Waals surface area contributed by atoms with Gasteiger partial charge in [-0.25, -0.2) is 9.98 Å². The van der Waals surface area contributed by atoms with E-state index in [1.807, 2.05) is 121 Å². The summed E-state index contributed by atoms with van der Waals surface area (Å²) in [6.07, 6.45) is 0. The van der Waals surface area contributed by atoms with E-state index in [1.54, 1.807) is 0 Å². The summed E-state index contributed by atoms with van der Waals surface area (Å²) in [5.74, 6) is 15.7. The molecule has 4 heteroatoms. The largest absolute Gasteiger partial charge is 0.307 e. The molecule has 4 nitrogen and oxygen atoms in total. The molecule has 0 aromatic heterocycles. The van der Waals surface area contributed by atoms with Gasteiger partial charge in [0.05, 0.1) is 11.4 Å². The van der Waals surface area contributed by atoms with Crippen molar-refractivity contribution in [2.75, 3.05) is 9.80 Å². The predicted molar refractivity (Wildman–Crippen MR) is 248 cm³/mol. The Labute approximate surface area is 352 Å². The lowest BCUT2D eigenvalue weighted by atomic mass is 9.98. The SMILES string of the molecule is C(#C[C@@H]1c2ccccc2N=C(c2ccccc2)N1c1ccccc1)c1ccccc1.C(#C[C@H]1c2ccccc2N=C(c2ccccc2)N1c1ccccc1)c1ccccc1. The number of anilines is 2. The Balaban J connectivity index is 0.000000154. The lowest BCUT2D eigenvalue weighted by Gasteiger charge is -2.36. The number of hydrogen-bond acceptors (Lipinski definition) is 4. The fourth-order valence-corrected chi connectivity index (χ4v) is 7.43. The van der Waals surface area contributed by atoms with Gasteiger partial charge in [-0.2, -0.15) is 0 Å². The molecule has 2 heterocycles. The van der Waals surface area contributed by atoms with Gasteiger partial charge >= 0.3 is 0 Å². The minimum Gasteiger partial charge on any atom is -0.307 e. The highest BCUT2D eigenvalue weighted by atomic mass is 15.2. The molecule has 0 saturated carbocycles. The van der Waals surface area contributed by atoms with Crippen molar-refractivity contribution < 1.29 is 0 Å². The number of benzene rings is 8. The molecule has 0 saturated heterocycles. The molecule has 10 rings (SSSR count). The monoisotopic (exact) mass is 768 g/mol. The number of hydrogen-bond donors (Lipinski definition) is 0. The molecule has 2 atom stereocenters. The van der Waals surface area contributed by atoms with Crippen LogP contribution in [0.5, 0.6) is 0 Å². The zero-order valence-corrected chi connectivity index (χ0v) is 32.9. The van der Waals surface area contributed by atoms with Crippen LogP contribution in [0.2, 0.25) is 0 Å². The maximum Gasteiger partial charge on any atom is 0.142 e. The normalized spacial score (nSPS) is 14.9. The fraction of sp³-hybridized carbons (Fsp3) is 0.0357. The Bertz CT molecular complexity index is 2670. The summed E-state index contributed by atoms with van der Waals surface area (Å²) in [5, 5.41) is 0. The maximum atomic E-state index is 5.05. The van der Waals surface area contributed by atoms with E-state index in [9.17, 15) is 0 Å². The Morgan fingerprint density at radius 3 is 0.983 bits per heavy atom. The lowest BCUT2D eigenvalue weighted by molar-refractivity contribution is 0.882. The van der Waals surface area contributed by atoms with Gasteiger partial charge in [-0.1, -0.05) is 194 Å². The molecule has 2 aliphatic rings. The molecule has 0 fully saturated rings. The molecule has 8 aromatic carbocycles. The van der Waals surface area contributed by atoms with Crippen molar-refractivity contribution in [3.05, 3.63) is 264 Å². The van der Waals surface area contributed by atoms with Gasteiger partial charge in [0.15, 0.2) is 0 Å². The highest BCUT2D eigenvalue weighted by molar-refractivity contribution is 6.14. The maximum absolute atomic E-state index is 5.05. The topological polar surface area (TPSA) is 31.2 Å². The average Bonchev–Trinajstić information content (AvgIpc) is 3.34. The molecule has 8 aromatic rings. The van der Waals surface area contributed by atoms with Crippen molar-refractivity contribution in [1.82, 2.24) is 0 Å². The van der Waals surface area contributed by atoms with Crippen LogP contribution in [0.25, 0.3) is 0 Å². The van der Waals surface area contributed by atoms with Crippen molar-refractivity contribution in [1.29, 1.82) is 0 Å². The van der Waals surface area contributed by atoms with Crippen molar-refractivity contribution in [2.45, 2.75) is 12.1 Å². The van der Waals surface area contributed by atoms with Gasteiger partial charge in [0.1, 0.15) is 23.8 Å². The Morgan fingerprint density at radius 1 is 0.317 bits per heavy atom. The van der Waals surface area contributed by atoms with E-state index in [1.165, 1.54) is 0 Å². The van der Waals surface area contributed by atoms with Gasteiger partial charge in [-0.05, 0) is 60.7 Å². The van der Waals surface area contributed by atoms with Crippen molar-refractivity contribution in [2.24, 2.45) is 9.98 Å². The number of aliphatic imine (C=N–C) groups is 2. The fourth-order valence-electron chi connectivity index (χ4n) is 7.43. The smallest absolute Gasteiger partial charge is 0.142 e. The Hall–Kier alpha value is -8.18. The van der Waals surface area contributed by atoms with Crippen LogP contribution in [0, 0.1) is 23.7 Å². The first-order valence-corrected chi connectivity index (χ1v) is 20.1. The van der Waals surface area contributed by atoms with Crippen molar-refractivity contribution in [3.63, 3.8) is 0 Å². The minimum absolute atomic E-state index is 0.142. The van der Waals surface area contributed by atoms with Crippen molar-refractivity contribution in [3.8, 4) is 23.7 Å². The summed E-state index contributed by atoms with van der Waals surface area (Å²) in [7, 11) is 0. The van der Waals surface area contributed by atoms with Crippen LogP contribution in [-0.4, -0.2) is 11.7 Å². The van der Waals surface area contributed by atoms with E-state index in [0.717, 1.165) is 67.8 Å². The van der Waals surface area contributed by atoms with Crippen LogP contribution >= 0.6 is 0 Å². The number of rotatable bonds is 4. The zero-order valence-electron chi connectivity index (χ0n) is 32.9. The second kappa shape index (κ2) is 18.0. The van der Waals surface area contributed by atoms with Crippen LogP contribution < -0.4 is 9.80 Å². The van der Waals surface area contributed by atoms with E-state index in [0.29, 0.717) is 0 Å². The van der Waals surface area contributed by atoms with Crippen molar-refractivity contribution >= 4 is 34.4 Å². The first-order chi connectivity index (χ1) is 29.8. The predicted octanol–water partition coefficient (Wildman–Crippen LogP) is 12.8. The molecular weight excluding hydrogens is 729 g/mol. The quantitative estimate of drug-likeness (QED) is 0.167. The first-order valence-electron chi connectivity index (χ1n) is 20.1. The molecular formula is C56H40N4. The average molecular weight is 769 g/mol. The summed E-state index contributed by atoms with van der Waals surface area (Å²) < 4.78 is 0. The van der Waals surface area contributed by atoms with E-state index in [-0.39, 0.29) is 12.1 Å². The summed E-state index contributed by atoms with van der Waals surface area (Å²) in [4.78, 5) is 14.6. The second-order valence-electron chi connectivity index (χ2n) is 14.2. The minimum atomic E-state index is -0.142. The number of nitrogens with zero attached hydrogens (tertiary/aromatic N) is 4. The van der Waals surface area contributed by atoms with Gasteiger partial charge in [-0.3, -0.25) is 0 Å². The first kappa shape index (κ1) is 37.4. The molecule has 0 N–H and O–H groups in total. The van der Waals surface area contributed by atoms with Crippen LogP contribution in [-0.2, 0) is 0 Å². The molecule has 60 heavy (non-hydrogen) atoms. The third-order valence-corrected chi connectivity index (χ3v) is 10.3. The molecule has 0 radical (unpaired) electrons. The Morgan fingerprint density at radius 2 is 0.617 bits per heavy atom. The number of fused-ring (bicyclic) bond motifs is 2. The van der Waals surface area contributed by atoms with Gasteiger partial charge in [-0.15, -0.1) is 0 Å². The summed E-state index contributed by atoms with van der Waals surface area (Å²) >= 11 is 0. The van der Waals surface area contributed by atoms with Gasteiger partial charge in [0.2, 0.25) is 0 Å². The number of amidine groups is 2. The molecule has 0 aliphatic carbocycles. The molecule has 284 valence electrons. The highest BCUT2D eigenvalue weighted by Crippen LogP contribution is 2.40. The van der Waals surface area contributed by atoms with Crippen LogP contribution in [0.15, 0.2) is 241 Å². The third kappa shape index (κ3) is 8.27. The Kier molecular flexibility index (Phi) is 11.2. The molecule has 2 aliphatic heterocycles. The van der Waals surface area contributed by atoms with E-state index in [4.69, 9.17) is 9.98 Å². The zero-order chi connectivity index (χ0) is 40.4. The molecule has 0 unspecified atom stereocenters. The molecule has 0 bridgehead atoms. The van der Waals surface area contributed by atoms with Crippen LogP contribution in [0.4, 0.5) is 22.7 Å². The number of para-hydroxylation sites is 4. The standard InChI is InChI=1S/2C28H20N2/c2*1-4-12-22(13-5-1)20-21-27-25-18-10-11-19-26(25)29-28(23-14-6-2-7-15-23)30(27)24-16-8-3-9-17-24/h2*1-19,27H/t2*27-/m10/s1. The van der Waals surface area contributed by atoms with Crippen LogP contribution in [0.1, 0.15) is 45.5 Å². The highest BCUT2D eigenvalue weighted by Gasteiger charge is 2.32. The third-order valence-electron chi connectivity index (χ3n) is 10.3. The van der Waals surface area contributed by atoms with E-state index in [2.05, 4.69) is 143 Å². The van der Waals surface area contributed by atoms with E-state index >= 15 is 0 Å². The summed E-state index contributed by atoms with van der Waals surface area (Å²) in [5.41, 5.74) is 10.5. The summed E-state index contributed by atoms with van der Waals surface area (Å²) in [6, 6.07) is 78.0.